The highest BCUT2D eigenvalue weighted by molar-refractivity contribution is 6.01. The summed E-state index contributed by atoms with van der Waals surface area (Å²) in [5, 5.41) is 15.6. The maximum absolute atomic E-state index is 12.4. The molecule has 2 N–H and O–H groups in total. The van der Waals surface area contributed by atoms with Crippen LogP contribution in [-0.4, -0.2) is 22.0 Å². The standard InChI is InChI=1S/C20H20N4O3/c1-12(2)15-6-4-14(5-7-15)11-21-23-20(25)19-13(3)17-10-16(24(26)27)8-9-18(17)22-19/h4-12,22H,1-3H3,(H,23,25). The molecule has 0 aliphatic heterocycles. The number of aromatic nitrogens is 1. The molecule has 0 aliphatic rings. The van der Waals surface area contributed by atoms with E-state index in [0.717, 1.165) is 5.56 Å². The summed E-state index contributed by atoms with van der Waals surface area (Å²) in [6.45, 7) is 5.99. The summed E-state index contributed by atoms with van der Waals surface area (Å²) in [6.07, 6.45) is 1.57. The van der Waals surface area contributed by atoms with Crippen molar-refractivity contribution in [1.29, 1.82) is 0 Å². The number of hydrazone groups is 1. The number of amides is 1. The Balaban J connectivity index is 1.76. The first-order valence-electron chi connectivity index (χ1n) is 8.57. The number of carbonyl (C=O) groups excluding carboxylic acids is 1. The molecule has 0 atom stereocenters. The molecule has 1 heterocycles. The Morgan fingerprint density at radius 3 is 2.56 bits per heavy atom. The van der Waals surface area contributed by atoms with Crippen LogP contribution in [0.25, 0.3) is 10.9 Å². The van der Waals surface area contributed by atoms with E-state index in [4.69, 9.17) is 0 Å². The van der Waals surface area contributed by atoms with E-state index in [-0.39, 0.29) is 5.69 Å². The number of hydrogen-bond donors (Lipinski definition) is 2. The molecule has 1 aromatic heterocycles. The minimum atomic E-state index is -0.458. The highest BCUT2D eigenvalue weighted by atomic mass is 16.6. The van der Waals surface area contributed by atoms with Crippen LogP contribution < -0.4 is 5.43 Å². The van der Waals surface area contributed by atoms with E-state index in [1.54, 1.807) is 19.2 Å². The number of non-ortho nitro benzene ring substituents is 1. The molecule has 0 aliphatic carbocycles. The molecule has 138 valence electrons. The minimum Gasteiger partial charge on any atom is -0.350 e. The normalized spacial score (nSPS) is 11.4. The average molecular weight is 364 g/mol. The van der Waals surface area contributed by atoms with Crippen molar-refractivity contribution < 1.29 is 9.72 Å². The average Bonchev–Trinajstić information content (AvgIpc) is 2.98. The molecule has 0 fully saturated rings. The summed E-state index contributed by atoms with van der Waals surface area (Å²) < 4.78 is 0. The third-order valence-electron chi connectivity index (χ3n) is 4.46. The van der Waals surface area contributed by atoms with E-state index in [1.807, 2.05) is 24.3 Å². The Bertz CT molecular complexity index is 1030. The van der Waals surface area contributed by atoms with E-state index in [2.05, 4.69) is 29.4 Å². The van der Waals surface area contributed by atoms with E-state index in [0.29, 0.717) is 28.1 Å². The van der Waals surface area contributed by atoms with Gasteiger partial charge in [0, 0.05) is 23.0 Å². The number of fused-ring (bicyclic) bond motifs is 1. The summed E-state index contributed by atoms with van der Waals surface area (Å²) >= 11 is 0. The molecule has 7 heteroatoms. The zero-order chi connectivity index (χ0) is 19.6. The topological polar surface area (TPSA) is 100 Å². The molecule has 0 saturated heterocycles. The number of rotatable bonds is 5. The van der Waals surface area contributed by atoms with Crippen LogP contribution in [0.3, 0.4) is 0 Å². The van der Waals surface area contributed by atoms with Gasteiger partial charge in [0.05, 0.1) is 11.1 Å². The molecule has 2 aromatic carbocycles. The monoisotopic (exact) mass is 364 g/mol. The van der Waals surface area contributed by atoms with Gasteiger partial charge in [0.15, 0.2) is 0 Å². The lowest BCUT2D eigenvalue weighted by atomic mass is 10.0. The summed E-state index contributed by atoms with van der Waals surface area (Å²) in [4.78, 5) is 25.9. The van der Waals surface area contributed by atoms with Gasteiger partial charge in [-0.15, -0.1) is 0 Å². The fourth-order valence-corrected chi connectivity index (χ4v) is 2.84. The van der Waals surface area contributed by atoms with Crippen molar-refractivity contribution in [2.75, 3.05) is 0 Å². The number of hydrogen-bond acceptors (Lipinski definition) is 4. The van der Waals surface area contributed by atoms with Crippen LogP contribution in [0, 0.1) is 17.0 Å². The van der Waals surface area contributed by atoms with Crippen molar-refractivity contribution >= 4 is 28.7 Å². The summed E-state index contributed by atoms with van der Waals surface area (Å²) in [5.74, 6) is 0.0536. The molecule has 27 heavy (non-hydrogen) atoms. The van der Waals surface area contributed by atoms with Crippen molar-refractivity contribution in [2.45, 2.75) is 26.7 Å². The fraction of sp³-hybridized carbons (Fsp3) is 0.200. The largest absolute Gasteiger partial charge is 0.350 e. The van der Waals surface area contributed by atoms with Gasteiger partial charge < -0.3 is 4.98 Å². The Morgan fingerprint density at radius 1 is 1.22 bits per heavy atom. The van der Waals surface area contributed by atoms with Crippen LogP contribution in [0.1, 0.15) is 46.9 Å². The predicted octanol–water partition coefficient (Wildman–Crippen LogP) is 4.27. The maximum atomic E-state index is 12.4. The Labute approximate surface area is 156 Å². The SMILES string of the molecule is Cc1c(C(=O)NN=Cc2ccc(C(C)C)cc2)[nH]c2ccc([N+](=O)[O-])cc12. The molecule has 3 rings (SSSR count). The molecule has 0 spiro atoms. The Morgan fingerprint density at radius 2 is 1.93 bits per heavy atom. The van der Waals surface area contributed by atoms with Gasteiger partial charge in [0.25, 0.3) is 11.6 Å². The van der Waals surface area contributed by atoms with Gasteiger partial charge in [-0.3, -0.25) is 14.9 Å². The first-order chi connectivity index (χ1) is 12.9. The van der Waals surface area contributed by atoms with Crippen LogP contribution in [-0.2, 0) is 0 Å². The third-order valence-corrected chi connectivity index (χ3v) is 4.46. The van der Waals surface area contributed by atoms with Gasteiger partial charge in [-0.25, -0.2) is 5.43 Å². The second-order valence-electron chi connectivity index (χ2n) is 6.63. The lowest BCUT2D eigenvalue weighted by Gasteiger charge is -2.04. The summed E-state index contributed by atoms with van der Waals surface area (Å²) in [7, 11) is 0. The molecule has 3 aromatic rings. The zero-order valence-electron chi connectivity index (χ0n) is 15.3. The van der Waals surface area contributed by atoms with Crippen molar-refractivity contribution in [2.24, 2.45) is 5.10 Å². The van der Waals surface area contributed by atoms with Gasteiger partial charge in [-0.05, 0) is 35.6 Å². The molecule has 0 unspecified atom stereocenters. The second kappa shape index (κ2) is 7.41. The Hall–Kier alpha value is -3.48. The van der Waals surface area contributed by atoms with Crippen molar-refractivity contribution in [3.05, 3.63) is 75.0 Å². The lowest BCUT2D eigenvalue weighted by Crippen LogP contribution is -2.18. The van der Waals surface area contributed by atoms with Crippen molar-refractivity contribution in [3.63, 3.8) is 0 Å². The van der Waals surface area contributed by atoms with Gasteiger partial charge in [-0.1, -0.05) is 38.1 Å². The number of carbonyl (C=O) groups is 1. The minimum absolute atomic E-state index is 0.0144. The predicted molar refractivity (Wildman–Crippen MR) is 105 cm³/mol. The van der Waals surface area contributed by atoms with Crippen LogP contribution in [0.2, 0.25) is 0 Å². The number of benzene rings is 2. The van der Waals surface area contributed by atoms with E-state index in [9.17, 15) is 14.9 Å². The molecule has 0 radical (unpaired) electrons. The van der Waals surface area contributed by atoms with Gasteiger partial charge in [-0.2, -0.15) is 5.10 Å². The highest BCUT2D eigenvalue weighted by Gasteiger charge is 2.16. The van der Waals surface area contributed by atoms with Crippen molar-refractivity contribution in [3.8, 4) is 0 Å². The number of nitro benzene ring substituents is 1. The van der Waals surface area contributed by atoms with E-state index >= 15 is 0 Å². The smallest absolute Gasteiger partial charge is 0.288 e. The molecular formula is C20H20N4O3. The summed E-state index contributed by atoms with van der Waals surface area (Å²) in [5.41, 5.74) is 6.22. The van der Waals surface area contributed by atoms with Crippen LogP contribution >= 0.6 is 0 Å². The number of nitro groups is 1. The van der Waals surface area contributed by atoms with Gasteiger partial charge in [0.2, 0.25) is 0 Å². The lowest BCUT2D eigenvalue weighted by molar-refractivity contribution is -0.384. The fourth-order valence-electron chi connectivity index (χ4n) is 2.84. The van der Waals surface area contributed by atoms with Crippen LogP contribution in [0.4, 0.5) is 5.69 Å². The van der Waals surface area contributed by atoms with Gasteiger partial charge in [0.1, 0.15) is 5.69 Å². The highest BCUT2D eigenvalue weighted by Crippen LogP contribution is 2.26. The van der Waals surface area contributed by atoms with E-state index < -0.39 is 10.8 Å². The molecular weight excluding hydrogens is 344 g/mol. The second-order valence-corrected chi connectivity index (χ2v) is 6.63. The number of nitrogens with one attached hydrogen (secondary N) is 2. The molecule has 1 amide bonds. The van der Waals surface area contributed by atoms with Crippen molar-refractivity contribution in [1.82, 2.24) is 10.4 Å². The Kier molecular flexibility index (Phi) is 5.03. The maximum Gasteiger partial charge on any atom is 0.288 e. The number of nitrogens with zero attached hydrogens (tertiary/aromatic N) is 2. The number of aromatic amines is 1. The number of aryl methyl sites for hydroxylation is 1. The van der Waals surface area contributed by atoms with Crippen LogP contribution in [0.15, 0.2) is 47.6 Å². The van der Waals surface area contributed by atoms with Gasteiger partial charge >= 0.3 is 0 Å². The first kappa shape index (κ1) is 18.3. The molecule has 7 nitrogen and oxygen atoms in total. The van der Waals surface area contributed by atoms with Crippen LogP contribution in [0.5, 0.6) is 0 Å². The van der Waals surface area contributed by atoms with E-state index in [1.165, 1.54) is 17.7 Å². The zero-order valence-corrected chi connectivity index (χ0v) is 15.3. The molecule has 0 bridgehead atoms. The third kappa shape index (κ3) is 3.87. The molecule has 0 saturated carbocycles. The summed E-state index contributed by atoms with van der Waals surface area (Å²) in [6, 6.07) is 12.4. The number of H-pyrrole nitrogens is 1. The quantitative estimate of drug-likeness (QED) is 0.401. The first-order valence-corrected chi connectivity index (χ1v) is 8.57.